The van der Waals surface area contributed by atoms with Gasteiger partial charge in [0.1, 0.15) is 6.15 Å². The molecule has 0 fully saturated rings. The van der Waals surface area contributed by atoms with Crippen molar-refractivity contribution in [1.82, 2.24) is 0 Å². The largest absolute Gasteiger partial charge is 0.201 e. The van der Waals surface area contributed by atoms with Gasteiger partial charge in [-0.1, -0.05) is 158 Å². The normalized spacial score (nSPS) is 10.7. The van der Waals surface area contributed by atoms with Crippen LogP contribution in [0.25, 0.3) is 0 Å². The molecule has 0 saturated carbocycles. The Morgan fingerprint density at radius 1 is 0.342 bits per heavy atom. The lowest BCUT2D eigenvalue weighted by Crippen LogP contribution is -2.74. The number of nitrogens with zero attached hydrogens (tertiary/aromatic N) is 1. The summed E-state index contributed by atoms with van der Waals surface area (Å²) in [6.45, 7) is 0.946. The summed E-state index contributed by atoms with van der Waals surface area (Å²) in [5.74, 6) is 0. The highest BCUT2D eigenvalue weighted by Crippen LogP contribution is 2.09. The van der Waals surface area contributed by atoms with Gasteiger partial charge in [-0.25, -0.2) is 4.57 Å². The maximum absolute atomic E-state index is 2.26. The highest BCUT2D eigenvalue weighted by molar-refractivity contribution is 7.19. The van der Waals surface area contributed by atoms with Crippen LogP contribution in [0.5, 0.6) is 0 Å². The van der Waals surface area contributed by atoms with E-state index < -0.39 is 6.15 Å². The third kappa shape index (κ3) is 5.66. The molecule has 0 bridgehead atoms. The summed E-state index contributed by atoms with van der Waals surface area (Å²) in [6.07, 6.45) is 2.94. The fourth-order valence-corrected chi connectivity index (χ4v) is 5.46. The number of hydrogen-bond acceptors (Lipinski definition) is 0. The van der Waals surface area contributed by atoms with Crippen molar-refractivity contribution in [3.8, 4) is 0 Å². The molecule has 2 heteroatoms. The Labute approximate surface area is 226 Å². The molecule has 1 aromatic heterocycles. The van der Waals surface area contributed by atoms with Gasteiger partial charge in [-0.2, -0.15) is 21.9 Å². The fraction of sp³-hybridized carbons (Fsp3) is 0.0278. The summed E-state index contributed by atoms with van der Waals surface area (Å²) in [6, 6.07) is 60.1. The smallest absolute Gasteiger partial charge is 0.173 e. The Kier molecular flexibility index (Phi) is 8.23. The number of aromatic nitrogens is 1. The Balaban J connectivity index is 0.000000190. The van der Waals surface area contributed by atoms with Crippen LogP contribution < -0.4 is 26.4 Å². The van der Waals surface area contributed by atoms with Crippen LogP contribution >= 0.6 is 0 Å². The molecular weight excluding hydrogens is 457 g/mol. The number of benzene rings is 5. The minimum atomic E-state index is -1.22. The van der Waals surface area contributed by atoms with E-state index in [-0.39, 0.29) is 0 Å². The summed E-state index contributed by atoms with van der Waals surface area (Å²) in [5, 5.41) is 0. The van der Waals surface area contributed by atoms with E-state index in [1.54, 1.807) is 0 Å². The summed E-state index contributed by atoms with van der Waals surface area (Å²) < 4.78 is 2.16. The van der Waals surface area contributed by atoms with E-state index in [1.807, 2.05) is 24.3 Å². The molecule has 184 valence electrons. The summed E-state index contributed by atoms with van der Waals surface area (Å²) in [7, 11) is 0. The van der Waals surface area contributed by atoms with Crippen molar-refractivity contribution >= 4 is 28.0 Å². The molecule has 0 saturated heterocycles. The van der Waals surface area contributed by atoms with Gasteiger partial charge in [0.2, 0.25) is 0 Å². The molecule has 0 N–H and O–H groups in total. The summed E-state index contributed by atoms with van der Waals surface area (Å²) >= 11 is 0. The second kappa shape index (κ2) is 12.5. The van der Waals surface area contributed by atoms with Gasteiger partial charge in [0.15, 0.2) is 18.9 Å². The van der Waals surface area contributed by atoms with Crippen LogP contribution in [0.4, 0.5) is 0 Å². The highest BCUT2D eigenvalue weighted by Gasteiger charge is 2.31. The molecule has 1 nitrogen and oxygen atoms in total. The maximum Gasteiger partial charge on any atom is 0.173 e. The lowest BCUT2D eigenvalue weighted by molar-refractivity contribution is -0.688. The van der Waals surface area contributed by atoms with E-state index in [1.165, 1.54) is 27.4 Å². The number of hydrogen-bond donors (Lipinski definition) is 0. The van der Waals surface area contributed by atoms with Crippen LogP contribution in [0, 0.1) is 0 Å². The van der Waals surface area contributed by atoms with Gasteiger partial charge in [-0.3, -0.25) is 0 Å². The fourth-order valence-electron chi connectivity index (χ4n) is 5.46. The van der Waals surface area contributed by atoms with Crippen LogP contribution in [0.1, 0.15) is 5.56 Å². The van der Waals surface area contributed by atoms with E-state index >= 15 is 0 Å². The molecule has 0 atom stereocenters. The standard InChI is InChI=1S/C24H20B.C12H12N/c1-5-13-21(14-6-1)25(22-15-7-2-8-16-22,23-17-9-3-10-18-23)24-19-11-4-12-20-24;1-3-7-12(8-4-1)11-13-9-5-2-6-10-13/h1-20H;1-10H,11H2/q-1;+1. The molecule has 0 unspecified atom stereocenters. The molecule has 5 aromatic carbocycles. The van der Waals surface area contributed by atoms with Crippen molar-refractivity contribution in [2.24, 2.45) is 0 Å². The summed E-state index contributed by atoms with van der Waals surface area (Å²) in [4.78, 5) is 0. The first kappa shape index (κ1) is 25.0. The molecule has 6 rings (SSSR count). The second-order valence-electron chi connectivity index (χ2n) is 9.54. The second-order valence-corrected chi connectivity index (χ2v) is 9.54. The topological polar surface area (TPSA) is 3.88 Å². The van der Waals surface area contributed by atoms with E-state index in [2.05, 4.69) is 163 Å². The molecule has 6 aromatic rings. The minimum Gasteiger partial charge on any atom is -0.201 e. The van der Waals surface area contributed by atoms with Gasteiger partial charge in [0.05, 0.1) is 0 Å². The van der Waals surface area contributed by atoms with Gasteiger partial charge in [0, 0.05) is 17.7 Å². The van der Waals surface area contributed by atoms with Crippen molar-refractivity contribution in [1.29, 1.82) is 0 Å². The molecule has 0 amide bonds. The zero-order valence-corrected chi connectivity index (χ0v) is 21.6. The SMILES string of the molecule is c1ccc(C[n+]2ccccc2)cc1.c1ccc([B-](c2ccccc2)(c2ccccc2)c2ccccc2)cc1. The first-order valence-corrected chi connectivity index (χ1v) is 13.2. The van der Waals surface area contributed by atoms with Crippen molar-refractivity contribution in [3.63, 3.8) is 0 Å². The first-order valence-electron chi connectivity index (χ1n) is 13.2. The summed E-state index contributed by atoms with van der Waals surface area (Å²) in [5.41, 5.74) is 6.69. The van der Waals surface area contributed by atoms with Crippen LogP contribution in [0.3, 0.4) is 0 Å². The van der Waals surface area contributed by atoms with Gasteiger partial charge in [-0.05, 0) is 0 Å². The Bertz CT molecular complexity index is 1290. The van der Waals surface area contributed by atoms with Crippen molar-refractivity contribution in [2.75, 3.05) is 0 Å². The van der Waals surface area contributed by atoms with Crippen molar-refractivity contribution in [2.45, 2.75) is 6.54 Å². The monoisotopic (exact) mass is 489 g/mol. The quantitative estimate of drug-likeness (QED) is 0.227. The van der Waals surface area contributed by atoms with Crippen molar-refractivity contribution < 1.29 is 4.57 Å². The van der Waals surface area contributed by atoms with Crippen LogP contribution in [-0.2, 0) is 6.54 Å². The molecular formula is C36H32BN. The minimum absolute atomic E-state index is 0.946. The molecule has 0 aliphatic carbocycles. The van der Waals surface area contributed by atoms with E-state index in [9.17, 15) is 0 Å². The Hall–Kier alpha value is -4.69. The van der Waals surface area contributed by atoms with Crippen LogP contribution in [0.2, 0.25) is 0 Å². The molecule has 0 radical (unpaired) electrons. The highest BCUT2D eigenvalue weighted by atomic mass is 14.9. The molecule has 38 heavy (non-hydrogen) atoms. The third-order valence-corrected chi connectivity index (χ3v) is 7.18. The van der Waals surface area contributed by atoms with E-state index in [4.69, 9.17) is 0 Å². The van der Waals surface area contributed by atoms with Crippen molar-refractivity contribution in [3.05, 3.63) is 188 Å². The van der Waals surface area contributed by atoms with Crippen LogP contribution in [0.15, 0.2) is 182 Å². The van der Waals surface area contributed by atoms with Gasteiger partial charge in [-0.15, -0.1) is 0 Å². The van der Waals surface area contributed by atoms with Gasteiger partial charge in [0.25, 0.3) is 0 Å². The Morgan fingerprint density at radius 2 is 0.632 bits per heavy atom. The zero-order chi connectivity index (χ0) is 25.9. The van der Waals surface area contributed by atoms with Gasteiger partial charge < -0.3 is 0 Å². The Morgan fingerprint density at radius 3 is 0.974 bits per heavy atom. The predicted octanol–water partition coefficient (Wildman–Crippen LogP) is 5.09. The van der Waals surface area contributed by atoms with E-state index in [0.29, 0.717) is 0 Å². The van der Waals surface area contributed by atoms with Crippen LogP contribution in [-0.4, -0.2) is 6.15 Å². The molecule has 1 heterocycles. The average Bonchev–Trinajstić information content (AvgIpc) is 3.01. The first-order chi connectivity index (χ1) is 18.9. The molecule has 0 aliphatic heterocycles. The molecule has 0 aliphatic rings. The lowest BCUT2D eigenvalue weighted by atomic mass is 9.13. The number of rotatable bonds is 6. The van der Waals surface area contributed by atoms with E-state index in [0.717, 1.165) is 6.54 Å². The molecule has 0 spiro atoms. The maximum atomic E-state index is 2.26. The predicted molar refractivity (Wildman–Crippen MR) is 162 cm³/mol. The lowest BCUT2D eigenvalue weighted by Gasteiger charge is -2.44. The van der Waals surface area contributed by atoms with Gasteiger partial charge >= 0.3 is 0 Å². The average molecular weight is 489 g/mol. The third-order valence-electron chi connectivity index (χ3n) is 7.18. The number of pyridine rings is 1. The zero-order valence-electron chi connectivity index (χ0n) is 21.6.